The molecule has 92 valence electrons. The molecule has 0 saturated carbocycles. The summed E-state index contributed by atoms with van der Waals surface area (Å²) >= 11 is 0. The lowest BCUT2D eigenvalue weighted by molar-refractivity contribution is -0.146. The number of fused-ring (bicyclic) bond motifs is 1. The SMILES string of the molecule is CCCC(=O)On1nc2c(c1C)CC(=O)CC2. The van der Waals surface area contributed by atoms with Gasteiger partial charge in [-0.15, -0.1) is 5.10 Å². The van der Waals surface area contributed by atoms with E-state index in [1.54, 1.807) is 0 Å². The van der Waals surface area contributed by atoms with Crippen LogP contribution in [0.2, 0.25) is 0 Å². The first-order valence-electron chi connectivity index (χ1n) is 5.92. The van der Waals surface area contributed by atoms with Gasteiger partial charge in [-0.3, -0.25) is 4.79 Å². The maximum atomic E-state index is 11.4. The van der Waals surface area contributed by atoms with E-state index >= 15 is 0 Å². The summed E-state index contributed by atoms with van der Waals surface area (Å²) in [6.07, 6.45) is 2.71. The van der Waals surface area contributed by atoms with Gasteiger partial charge < -0.3 is 4.84 Å². The number of hydrogen-bond donors (Lipinski definition) is 0. The van der Waals surface area contributed by atoms with E-state index in [1.807, 2.05) is 13.8 Å². The molecule has 0 atom stereocenters. The van der Waals surface area contributed by atoms with E-state index in [0.29, 0.717) is 25.7 Å². The molecule has 0 aliphatic heterocycles. The molecule has 5 heteroatoms. The largest absolute Gasteiger partial charge is 0.334 e. The summed E-state index contributed by atoms with van der Waals surface area (Å²) in [7, 11) is 0. The van der Waals surface area contributed by atoms with Crippen molar-refractivity contribution >= 4 is 11.8 Å². The van der Waals surface area contributed by atoms with Crippen molar-refractivity contribution in [2.24, 2.45) is 0 Å². The Hall–Kier alpha value is -1.65. The summed E-state index contributed by atoms with van der Waals surface area (Å²) in [5.41, 5.74) is 2.56. The van der Waals surface area contributed by atoms with Gasteiger partial charge in [-0.2, -0.15) is 0 Å². The number of carbonyl (C=O) groups is 2. The standard InChI is InChI=1S/C12H16N2O3/c1-3-4-12(16)17-14-8(2)10-7-9(15)5-6-11(10)13-14/h3-7H2,1-2H3. The molecule has 0 amide bonds. The number of nitrogens with zero attached hydrogens (tertiary/aromatic N) is 2. The van der Waals surface area contributed by atoms with Crippen LogP contribution in [0, 0.1) is 6.92 Å². The van der Waals surface area contributed by atoms with Crippen LogP contribution in [0.25, 0.3) is 0 Å². The predicted molar refractivity (Wildman–Crippen MR) is 60.5 cm³/mol. The van der Waals surface area contributed by atoms with Gasteiger partial charge >= 0.3 is 5.97 Å². The van der Waals surface area contributed by atoms with E-state index in [0.717, 1.165) is 23.4 Å². The minimum Gasteiger partial charge on any atom is -0.319 e. The Morgan fingerprint density at radius 2 is 2.24 bits per heavy atom. The Morgan fingerprint density at radius 1 is 1.47 bits per heavy atom. The minimum atomic E-state index is -0.290. The Morgan fingerprint density at radius 3 is 2.94 bits per heavy atom. The van der Waals surface area contributed by atoms with Gasteiger partial charge in [0.2, 0.25) is 0 Å². The number of hydrogen-bond acceptors (Lipinski definition) is 4. The van der Waals surface area contributed by atoms with Gasteiger partial charge in [0.05, 0.1) is 11.4 Å². The molecule has 17 heavy (non-hydrogen) atoms. The molecule has 2 rings (SSSR count). The zero-order valence-corrected chi connectivity index (χ0v) is 10.2. The molecular weight excluding hydrogens is 220 g/mol. The third-order valence-corrected chi connectivity index (χ3v) is 2.94. The van der Waals surface area contributed by atoms with Crippen molar-refractivity contribution in [1.82, 2.24) is 9.94 Å². The predicted octanol–water partition coefficient (Wildman–Crippen LogP) is 1.00. The van der Waals surface area contributed by atoms with Gasteiger partial charge in [-0.05, 0) is 19.8 Å². The van der Waals surface area contributed by atoms with Crippen LogP contribution in [0.1, 0.15) is 43.1 Å². The van der Waals surface area contributed by atoms with Crippen molar-refractivity contribution in [3.05, 3.63) is 17.0 Å². The molecule has 0 spiro atoms. The molecule has 5 nitrogen and oxygen atoms in total. The van der Waals surface area contributed by atoms with Gasteiger partial charge in [0.25, 0.3) is 0 Å². The quantitative estimate of drug-likeness (QED) is 0.785. The van der Waals surface area contributed by atoms with Crippen molar-refractivity contribution in [1.29, 1.82) is 0 Å². The molecule has 0 N–H and O–H groups in total. The highest BCUT2D eigenvalue weighted by molar-refractivity contribution is 5.83. The molecule has 1 aliphatic rings. The van der Waals surface area contributed by atoms with E-state index in [-0.39, 0.29) is 11.8 Å². The van der Waals surface area contributed by atoms with Crippen LogP contribution in [0.4, 0.5) is 0 Å². The van der Waals surface area contributed by atoms with E-state index < -0.39 is 0 Å². The lowest BCUT2D eigenvalue weighted by Gasteiger charge is -2.08. The highest BCUT2D eigenvalue weighted by atomic mass is 16.7. The van der Waals surface area contributed by atoms with Crippen molar-refractivity contribution < 1.29 is 14.4 Å². The monoisotopic (exact) mass is 236 g/mol. The number of Topliss-reactive ketones (excluding diaryl/α,β-unsaturated/α-hetero) is 1. The number of aromatic nitrogens is 2. The Labute approximate surface area is 99.7 Å². The van der Waals surface area contributed by atoms with Crippen LogP contribution in [-0.4, -0.2) is 21.7 Å². The van der Waals surface area contributed by atoms with E-state index in [1.165, 1.54) is 4.85 Å². The van der Waals surface area contributed by atoms with Crippen molar-refractivity contribution in [3.63, 3.8) is 0 Å². The Kier molecular flexibility index (Phi) is 3.26. The maximum Gasteiger partial charge on any atom is 0.334 e. The van der Waals surface area contributed by atoms with Gasteiger partial charge in [-0.1, -0.05) is 11.8 Å². The van der Waals surface area contributed by atoms with Crippen molar-refractivity contribution in [3.8, 4) is 0 Å². The fraction of sp³-hybridized carbons (Fsp3) is 0.583. The van der Waals surface area contributed by atoms with Crippen LogP contribution in [-0.2, 0) is 22.4 Å². The third-order valence-electron chi connectivity index (χ3n) is 2.94. The normalized spacial score (nSPS) is 14.6. The molecule has 0 fully saturated rings. The van der Waals surface area contributed by atoms with Gasteiger partial charge in [-0.25, -0.2) is 4.79 Å². The average Bonchev–Trinajstić information content (AvgIpc) is 2.57. The molecule has 0 bridgehead atoms. The van der Waals surface area contributed by atoms with Crippen LogP contribution >= 0.6 is 0 Å². The summed E-state index contributed by atoms with van der Waals surface area (Å²) in [5.74, 6) is -0.0678. The Bertz CT molecular complexity index is 463. The zero-order valence-electron chi connectivity index (χ0n) is 10.2. The molecule has 1 aliphatic carbocycles. The maximum absolute atomic E-state index is 11.4. The molecule has 0 unspecified atom stereocenters. The lowest BCUT2D eigenvalue weighted by atomic mass is 9.95. The smallest absolute Gasteiger partial charge is 0.319 e. The van der Waals surface area contributed by atoms with Crippen molar-refractivity contribution in [2.45, 2.75) is 46.0 Å². The number of aryl methyl sites for hydroxylation is 1. The lowest BCUT2D eigenvalue weighted by Crippen LogP contribution is -2.21. The fourth-order valence-electron chi connectivity index (χ4n) is 1.98. The molecule has 1 heterocycles. The second-order valence-corrected chi connectivity index (χ2v) is 4.31. The zero-order chi connectivity index (χ0) is 12.4. The first kappa shape index (κ1) is 11.8. The second kappa shape index (κ2) is 4.69. The summed E-state index contributed by atoms with van der Waals surface area (Å²) < 4.78 is 0. The first-order valence-corrected chi connectivity index (χ1v) is 5.92. The number of rotatable bonds is 3. The van der Waals surface area contributed by atoms with Crippen LogP contribution < -0.4 is 4.84 Å². The van der Waals surface area contributed by atoms with E-state index in [4.69, 9.17) is 4.84 Å². The minimum absolute atomic E-state index is 0.222. The van der Waals surface area contributed by atoms with Crippen LogP contribution in [0.15, 0.2) is 0 Å². The molecule has 1 aromatic heterocycles. The number of ketones is 1. The average molecular weight is 236 g/mol. The van der Waals surface area contributed by atoms with Gasteiger partial charge in [0, 0.05) is 24.8 Å². The van der Waals surface area contributed by atoms with Crippen LogP contribution in [0.3, 0.4) is 0 Å². The fourth-order valence-corrected chi connectivity index (χ4v) is 1.98. The Balaban J connectivity index is 2.20. The highest BCUT2D eigenvalue weighted by Gasteiger charge is 2.23. The number of carbonyl (C=O) groups excluding carboxylic acids is 2. The molecule has 0 saturated heterocycles. The topological polar surface area (TPSA) is 61.2 Å². The molecular formula is C12H16N2O3. The highest BCUT2D eigenvalue weighted by Crippen LogP contribution is 2.21. The summed E-state index contributed by atoms with van der Waals surface area (Å²) in [4.78, 5) is 29.2. The second-order valence-electron chi connectivity index (χ2n) is 4.31. The first-order chi connectivity index (χ1) is 8.11. The summed E-state index contributed by atoms with van der Waals surface area (Å²) in [6, 6.07) is 0. The van der Waals surface area contributed by atoms with E-state index in [9.17, 15) is 9.59 Å². The van der Waals surface area contributed by atoms with Crippen LogP contribution in [0.5, 0.6) is 0 Å². The molecule has 0 radical (unpaired) electrons. The van der Waals surface area contributed by atoms with E-state index in [2.05, 4.69) is 5.10 Å². The third kappa shape index (κ3) is 2.38. The molecule has 0 aromatic carbocycles. The summed E-state index contributed by atoms with van der Waals surface area (Å²) in [5, 5.41) is 4.23. The molecule has 1 aromatic rings. The summed E-state index contributed by atoms with van der Waals surface area (Å²) in [6.45, 7) is 3.74. The van der Waals surface area contributed by atoms with Gasteiger partial charge in [0.15, 0.2) is 0 Å². The van der Waals surface area contributed by atoms with Crippen molar-refractivity contribution in [2.75, 3.05) is 0 Å². The van der Waals surface area contributed by atoms with Gasteiger partial charge in [0.1, 0.15) is 5.78 Å².